The van der Waals surface area contributed by atoms with Crippen molar-refractivity contribution in [3.05, 3.63) is 54.1 Å². The minimum absolute atomic E-state index is 0.591. The summed E-state index contributed by atoms with van der Waals surface area (Å²) in [4.78, 5) is 4.45. The summed E-state index contributed by atoms with van der Waals surface area (Å²) in [5.41, 5.74) is 10.2. The van der Waals surface area contributed by atoms with Crippen LogP contribution in [-0.4, -0.2) is 26.5 Å². The lowest BCUT2D eigenvalue weighted by Gasteiger charge is -2.07. The third-order valence-electron chi connectivity index (χ3n) is 4.03. The molecule has 25 heavy (non-hydrogen) atoms. The number of rotatable bonds is 7. The van der Waals surface area contributed by atoms with E-state index in [4.69, 9.17) is 5.73 Å². The van der Waals surface area contributed by atoms with Gasteiger partial charge in [0.15, 0.2) is 0 Å². The van der Waals surface area contributed by atoms with E-state index in [2.05, 4.69) is 62.9 Å². The van der Waals surface area contributed by atoms with Crippen molar-refractivity contribution in [3.63, 3.8) is 0 Å². The number of nitrogens with one attached hydrogen (secondary N) is 1. The number of benzene rings is 2. The number of aromatic amines is 1. The Morgan fingerprint density at radius 2 is 1.84 bits per heavy atom. The second-order valence-electron chi connectivity index (χ2n) is 5.89. The molecule has 6 nitrogen and oxygen atoms in total. The molecule has 3 N–H and O–H groups in total. The lowest BCUT2D eigenvalue weighted by molar-refractivity contribution is 0.825. The van der Waals surface area contributed by atoms with E-state index in [9.17, 15) is 0 Å². The quantitative estimate of drug-likeness (QED) is 0.510. The molecule has 3 aromatic rings. The molecule has 6 heteroatoms. The van der Waals surface area contributed by atoms with E-state index in [0.717, 1.165) is 47.4 Å². The second kappa shape index (κ2) is 8.19. The van der Waals surface area contributed by atoms with Crippen LogP contribution in [0.4, 0.5) is 0 Å². The Balaban J connectivity index is 1.78. The van der Waals surface area contributed by atoms with E-state index in [1.54, 1.807) is 0 Å². The number of aromatic nitrogens is 4. The van der Waals surface area contributed by atoms with E-state index in [0.29, 0.717) is 12.4 Å². The summed E-state index contributed by atoms with van der Waals surface area (Å²) in [6, 6.07) is 16.4. The molecule has 0 aliphatic rings. The smallest absolute Gasteiger partial charge is 0.205 e. The average Bonchev–Trinajstić information content (AvgIpc) is 3.20. The van der Waals surface area contributed by atoms with E-state index in [1.807, 2.05) is 18.2 Å². The number of H-pyrrole nitrogens is 1. The Labute approximate surface area is 147 Å². The Morgan fingerprint density at radius 1 is 1.08 bits per heavy atom. The van der Waals surface area contributed by atoms with Gasteiger partial charge in [-0.3, -0.25) is 4.99 Å². The van der Waals surface area contributed by atoms with Gasteiger partial charge in [-0.1, -0.05) is 61.9 Å². The van der Waals surface area contributed by atoms with Crippen LogP contribution in [0.15, 0.2) is 53.5 Å². The summed E-state index contributed by atoms with van der Waals surface area (Å²) in [7, 11) is 0. The van der Waals surface area contributed by atoms with Crippen LogP contribution >= 0.6 is 0 Å². The van der Waals surface area contributed by atoms with Crippen LogP contribution in [-0.2, 0) is 6.54 Å². The molecule has 0 spiro atoms. The van der Waals surface area contributed by atoms with Crippen molar-refractivity contribution in [1.82, 2.24) is 20.6 Å². The fourth-order valence-electron chi connectivity index (χ4n) is 2.63. The van der Waals surface area contributed by atoms with Crippen LogP contribution in [0.25, 0.3) is 22.5 Å². The van der Waals surface area contributed by atoms with Gasteiger partial charge in [0, 0.05) is 12.0 Å². The molecule has 0 saturated heterocycles. The Hall–Kier alpha value is -3.02. The van der Waals surface area contributed by atoms with Gasteiger partial charge in [-0.25, -0.2) is 0 Å². The number of tetrazole rings is 1. The molecule has 0 aliphatic heterocycles. The van der Waals surface area contributed by atoms with Gasteiger partial charge in [0.25, 0.3) is 0 Å². The molecule has 0 radical (unpaired) electrons. The van der Waals surface area contributed by atoms with Crippen molar-refractivity contribution in [1.29, 1.82) is 0 Å². The number of aliphatic imine (C=N–C) groups is 1. The summed E-state index contributed by atoms with van der Waals surface area (Å²) in [5.74, 6) is 1.32. The molecule has 0 bridgehead atoms. The fourth-order valence-corrected chi connectivity index (χ4v) is 2.63. The Kier molecular flexibility index (Phi) is 5.51. The number of hydrogen-bond acceptors (Lipinski definition) is 4. The molecule has 0 amide bonds. The van der Waals surface area contributed by atoms with Gasteiger partial charge in [0.05, 0.1) is 12.4 Å². The maximum atomic E-state index is 5.93. The third-order valence-corrected chi connectivity index (χ3v) is 4.03. The lowest BCUT2D eigenvalue weighted by atomic mass is 9.98. The van der Waals surface area contributed by atoms with Crippen LogP contribution in [0.3, 0.4) is 0 Å². The minimum atomic E-state index is 0.591. The fraction of sp³-hybridized carbons (Fsp3) is 0.263. The molecule has 2 aromatic carbocycles. The molecule has 0 fully saturated rings. The SMILES string of the molecule is CCCCC(N)=NCc1ccc(-c2ccccc2-c2nn[nH]n2)cc1. The van der Waals surface area contributed by atoms with Crippen LogP contribution < -0.4 is 5.73 Å². The third kappa shape index (κ3) is 4.29. The van der Waals surface area contributed by atoms with Crippen molar-refractivity contribution in [2.24, 2.45) is 10.7 Å². The normalized spacial score (nSPS) is 11.6. The predicted octanol–water partition coefficient (Wildman–Crippen LogP) is 3.58. The molecule has 3 rings (SSSR count). The Morgan fingerprint density at radius 3 is 2.52 bits per heavy atom. The molecule has 0 saturated carbocycles. The molecular weight excluding hydrogens is 312 g/mol. The molecule has 0 atom stereocenters. The van der Waals surface area contributed by atoms with Crippen molar-refractivity contribution in [3.8, 4) is 22.5 Å². The van der Waals surface area contributed by atoms with Crippen molar-refractivity contribution in [2.45, 2.75) is 32.7 Å². The number of nitrogens with two attached hydrogens (primary N) is 1. The zero-order valence-electron chi connectivity index (χ0n) is 14.3. The van der Waals surface area contributed by atoms with Crippen molar-refractivity contribution >= 4 is 5.84 Å². The molecule has 1 aromatic heterocycles. The molecule has 0 aliphatic carbocycles. The first-order valence-corrected chi connectivity index (χ1v) is 8.49. The second-order valence-corrected chi connectivity index (χ2v) is 5.89. The zero-order chi connectivity index (χ0) is 17.5. The molecule has 0 unspecified atom stereocenters. The maximum Gasteiger partial charge on any atom is 0.205 e. The number of nitrogens with zero attached hydrogens (tertiary/aromatic N) is 4. The van der Waals surface area contributed by atoms with Crippen LogP contribution in [0, 0.1) is 0 Å². The van der Waals surface area contributed by atoms with Gasteiger partial charge in [0.2, 0.25) is 5.82 Å². The van der Waals surface area contributed by atoms with Crippen LogP contribution in [0.2, 0.25) is 0 Å². The van der Waals surface area contributed by atoms with Gasteiger partial charge in [-0.2, -0.15) is 5.21 Å². The molecule has 128 valence electrons. The van der Waals surface area contributed by atoms with Gasteiger partial charge < -0.3 is 5.73 Å². The first-order valence-electron chi connectivity index (χ1n) is 8.49. The summed E-state index contributed by atoms with van der Waals surface area (Å²) in [6.07, 6.45) is 3.08. The van der Waals surface area contributed by atoms with Gasteiger partial charge in [-0.15, -0.1) is 10.2 Å². The van der Waals surface area contributed by atoms with Gasteiger partial charge in [-0.05, 0) is 28.3 Å². The molecular formula is C19H22N6. The van der Waals surface area contributed by atoms with Crippen molar-refractivity contribution in [2.75, 3.05) is 0 Å². The summed E-state index contributed by atoms with van der Waals surface area (Å²) in [5, 5.41) is 14.3. The van der Waals surface area contributed by atoms with E-state index in [1.165, 1.54) is 0 Å². The summed E-state index contributed by atoms with van der Waals surface area (Å²) >= 11 is 0. The van der Waals surface area contributed by atoms with E-state index in [-0.39, 0.29) is 0 Å². The highest BCUT2D eigenvalue weighted by Crippen LogP contribution is 2.29. The summed E-state index contributed by atoms with van der Waals surface area (Å²) < 4.78 is 0. The molecule has 1 heterocycles. The summed E-state index contributed by atoms with van der Waals surface area (Å²) in [6.45, 7) is 2.76. The lowest BCUT2D eigenvalue weighted by Crippen LogP contribution is -2.11. The van der Waals surface area contributed by atoms with Crippen LogP contribution in [0.1, 0.15) is 31.7 Å². The van der Waals surface area contributed by atoms with Crippen molar-refractivity contribution < 1.29 is 0 Å². The van der Waals surface area contributed by atoms with Gasteiger partial charge >= 0.3 is 0 Å². The number of amidine groups is 1. The predicted molar refractivity (Wildman–Crippen MR) is 99.9 cm³/mol. The van der Waals surface area contributed by atoms with Gasteiger partial charge in [0.1, 0.15) is 0 Å². The first-order chi connectivity index (χ1) is 12.3. The number of unbranched alkanes of at least 4 members (excludes halogenated alkanes) is 1. The number of hydrogen-bond donors (Lipinski definition) is 2. The first kappa shape index (κ1) is 16.8. The standard InChI is InChI=1S/C19H22N6/c1-2-3-8-18(20)21-13-14-9-11-15(12-10-14)16-6-4-5-7-17(16)19-22-24-25-23-19/h4-7,9-12H,2-3,8,13H2,1H3,(H2,20,21)(H,22,23,24,25). The topological polar surface area (TPSA) is 92.8 Å². The monoisotopic (exact) mass is 334 g/mol. The highest BCUT2D eigenvalue weighted by molar-refractivity contribution is 5.81. The van der Waals surface area contributed by atoms with E-state index < -0.39 is 0 Å². The average molecular weight is 334 g/mol. The van der Waals surface area contributed by atoms with Crippen LogP contribution in [0.5, 0.6) is 0 Å². The maximum absolute atomic E-state index is 5.93. The minimum Gasteiger partial charge on any atom is -0.387 e. The Bertz CT molecular complexity index is 821. The highest BCUT2D eigenvalue weighted by Gasteiger charge is 2.10. The largest absolute Gasteiger partial charge is 0.387 e. The van der Waals surface area contributed by atoms with E-state index >= 15 is 0 Å². The zero-order valence-corrected chi connectivity index (χ0v) is 14.3. The highest BCUT2D eigenvalue weighted by atomic mass is 15.5.